The molecule has 0 bridgehead atoms. The number of thiazole rings is 1. The van der Waals surface area contributed by atoms with Crippen LogP contribution < -0.4 is 10.2 Å². The number of anilines is 2. The normalized spacial score (nSPS) is 15.0. The predicted octanol–water partition coefficient (Wildman–Crippen LogP) is 3.23. The van der Waals surface area contributed by atoms with Crippen LogP contribution in [0.5, 0.6) is 0 Å². The van der Waals surface area contributed by atoms with E-state index in [1.165, 1.54) is 7.11 Å². The number of methoxy groups -OCH3 is 1. The van der Waals surface area contributed by atoms with Gasteiger partial charge in [-0.25, -0.2) is 9.78 Å². The molecule has 0 atom stereocenters. The molecule has 2 aromatic heterocycles. The van der Waals surface area contributed by atoms with Crippen molar-refractivity contribution in [2.45, 2.75) is 19.8 Å². The minimum atomic E-state index is -0.442. The second-order valence-corrected chi connectivity index (χ2v) is 7.64. The Morgan fingerprint density at radius 2 is 2.00 bits per heavy atom. The molecule has 3 heterocycles. The number of carbonyl (C=O) groups is 2. The summed E-state index contributed by atoms with van der Waals surface area (Å²) in [5.41, 5.74) is 2.15. The van der Waals surface area contributed by atoms with Crippen molar-refractivity contribution in [3.8, 4) is 0 Å². The van der Waals surface area contributed by atoms with Gasteiger partial charge in [0, 0.05) is 19.0 Å². The van der Waals surface area contributed by atoms with Crippen LogP contribution in [0.2, 0.25) is 0 Å². The number of benzene rings is 1. The number of aryl methyl sites for hydroxylation is 1. The molecular weight excluding hydrogens is 380 g/mol. The summed E-state index contributed by atoms with van der Waals surface area (Å²) in [6.07, 6.45) is 1.39. The van der Waals surface area contributed by atoms with Crippen molar-refractivity contribution in [1.82, 2.24) is 9.97 Å². The maximum atomic E-state index is 12.6. The number of rotatable bonds is 4. The first kappa shape index (κ1) is 18.4. The number of ether oxygens (including phenoxy) is 1. The third-order valence-corrected chi connectivity index (χ3v) is 5.87. The topological polar surface area (TPSA) is 97.6 Å². The fraction of sp³-hybridized carbons (Fsp3) is 0.368. The SMILES string of the molecule is COC(=O)c1sc(NC(=O)C2CCN(c3nc4ccccc4o3)CC2)nc1C. The molecule has 146 valence electrons. The van der Waals surface area contributed by atoms with Gasteiger partial charge in [0.05, 0.1) is 12.8 Å². The van der Waals surface area contributed by atoms with Crippen molar-refractivity contribution >= 4 is 45.5 Å². The number of nitrogens with one attached hydrogen (secondary N) is 1. The van der Waals surface area contributed by atoms with Crippen LogP contribution in [0.25, 0.3) is 11.1 Å². The molecule has 0 saturated carbocycles. The van der Waals surface area contributed by atoms with Crippen molar-refractivity contribution in [2.75, 3.05) is 30.4 Å². The van der Waals surface area contributed by atoms with Crippen molar-refractivity contribution < 1.29 is 18.7 Å². The Morgan fingerprint density at radius 3 is 2.71 bits per heavy atom. The molecule has 1 saturated heterocycles. The van der Waals surface area contributed by atoms with E-state index in [2.05, 4.69) is 20.2 Å². The highest BCUT2D eigenvalue weighted by Crippen LogP contribution is 2.28. The number of hydrogen-bond acceptors (Lipinski definition) is 8. The molecule has 0 aliphatic carbocycles. The Hall–Kier alpha value is -2.94. The Labute approximate surface area is 165 Å². The van der Waals surface area contributed by atoms with Gasteiger partial charge >= 0.3 is 5.97 Å². The third kappa shape index (κ3) is 3.57. The first-order valence-electron chi connectivity index (χ1n) is 9.02. The van der Waals surface area contributed by atoms with Crippen LogP contribution in [0.3, 0.4) is 0 Å². The molecule has 9 heteroatoms. The number of carbonyl (C=O) groups excluding carboxylic acids is 2. The van der Waals surface area contributed by atoms with Gasteiger partial charge in [0.15, 0.2) is 10.7 Å². The summed E-state index contributed by atoms with van der Waals surface area (Å²) in [6.45, 7) is 3.10. The lowest BCUT2D eigenvalue weighted by Crippen LogP contribution is -2.38. The highest BCUT2D eigenvalue weighted by molar-refractivity contribution is 7.17. The molecule has 1 amide bonds. The van der Waals surface area contributed by atoms with E-state index in [9.17, 15) is 9.59 Å². The Balaban J connectivity index is 1.37. The number of nitrogens with zero attached hydrogens (tertiary/aromatic N) is 3. The molecular formula is C19H20N4O4S. The van der Waals surface area contributed by atoms with E-state index in [0.29, 0.717) is 47.6 Å². The molecule has 8 nitrogen and oxygen atoms in total. The maximum absolute atomic E-state index is 12.6. The van der Waals surface area contributed by atoms with E-state index >= 15 is 0 Å². The highest BCUT2D eigenvalue weighted by Gasteiger charge is 2.28. The van der Waals surface area contributed by atoms with Gasteiger partial charge in [-0.05, 0) is 31.9 Å². The maximum Gasteiger partial charge on any atom is 0.350 e. The van der Waals surface area contributed by atoms with Crippen LogP contribution in [-0.4, -0.2) is 42.0 Å². The van der Waals surface area contributed by atoms with Crippen LogP contribution in [-0.2, 0) is 9.53 Å². The van der Waals surface area contributed by atoms with Gasteiger partial charge in [-0.15, -0.1) is 0 Å². The quantitative estimate of drug-likeness (QED) is 0.672. The zero-order valence-electron chi connectivity index (χ0n) is 15.6. The summed E-state index contributed by atoms with van der Waals surface area (Å²) in [4.78, 5) is 35.5. The molecule has 0 spiro atoms. The molecule has 4 rings (SSSR count). The number of para-hydroxylation sites is 2. The van der Waals surface area contributed by atoms with Gasteiger partial charge in [0.25, 0.3) is 6.01 Å². The molecule has 0 radical (unpaired) electrons. The van der Waals surface area contributed by atoms with E-state index in [1.54, 1.807) is 6.92 Å². The first-order valence-corrected chi connectivity index (χ1v) is 9.84. The lowest BCUT2D eigenvalue weighted by molar-refractivity contribution is -0.120. The number of aromatic nitrogens is 2. The van der Waals surface area contributed by atoms with E-state index in [4.69, 9.17) is 9.15 Å². The molecule has 1 fully saturated rings. The summed E-state index contributed by atoms with van der Waals surface area (Å²) in [7, 11) is 1.32. The van der Waals surface area contributed by atoms with Gasteiger partial charge in [-0.2, -0.15) is 4.98 Å². The largest absolute Gasteiger partial charge is 0.465 e. The van der Waals surface area contributed by atoms with Gasteiger partial charge in [0.2, 0.25) is 5.91 Å². The average molecular weight is 400 g/mol. The summed E-state index contributed by atoms with van der Waals surface area (Å²) < 4.78 is 10.5. The number of piperidine rings is 1. The zero-order valence-corrected chi connectivity index (χ0v) is 16.4. The second kappa shape index (κ2) is 7.59. The molecule has 0 unspecified atom stereocenters. The summed E-state index contributed by atoms with van der Waals surface area (Å²) in [5, 5.41) is 3.25. The summed E-state index contributed by atoms with van der Waals surface area (Å²) in [5.74, 6) is -0.643. The van der Waals surface area contributed by atoms with E-state index in [-0.39, 0.29) is 11.8 Å². The fourth-order valence-corrected chi connectivity index (χ4v) is 4.16. The Bertz CT molecular complexity index is 987. The second-order valence-electron chi connectivity index (χ2n) is 6.64. The Kier molecular flexibility index (Phi) is 4.99. The monoisotopic (exact) mass is 400 g/mol. The highest BCUT2D eigenvalue weighted by atomic mass is 32.1. The standard InChI is InChI=1S/C19H20N4O4S/c1-11-15(17(25)26-2)28-18(20-11)22-16(24)12-7-9-23(10-8-12)19-21-13-5-3-4-6-14(13)27-19/h3-6,12H,7-10H2,1-2H3,(H,20,22,24). The number of fused-ring (bicyclic) bond motifs is 1. The van der Waals surface area contributed by atoms with Crippen LogP contribution in [0.1, 0.15) is 28.2 Å². The van der Waals surface area contributed by atoms with Gasteiger partial charge in [-0.3, -0.25) is 4.79 Å². The van der Waals surface area contributed by atoms with Gasteiger partial charge < -0.3 is 19.4 Å². The van der Waals surface area contributed by atoms with Gasteiger partial charge in [-0.1, -0.05) is 23.5 Å². The minimum absolute atomic E-state index is 0.0811. The minimum Gasteiger partial charge on any atom is -0.465 e. The molecule has 1 aliphatic rings. The summed E-state index contributed by atoms with van der Waals surface area (Å²) >= 11 is 1.13. The zero-order chi connectivity index (χ0) is 19.7. The molecule has 1 aliphatic heterocycles. The molecule has 1 aromatic carbocycles. The number of esters is 1. The average Bonchev–Trinajstić information content (AvgIpc) is 3.30. The van der Waals surface area contributed by atoms with Crippen LogP contribution in [0.15, 0.2) is 28.7 Å². The van der Waals surface area contributed by atoms with Crippen molar-refractivity contribution in [1.29, 1.82) is 0 Å². The van der Waals surface area contributed by atoms with Crippen molar-refractivity contribution in [2.24, 2.45) is 5.92 Å². The molecule has 3 aromatic rings. The van der Waals surface area contributed by atoms with Gasteiger partial charge in [0.1, 0.15) is 10.4 Å². The van der Waals surface area contributed by atoms with Crippen LogP contribution in [0.4, 0.5) is 11.1 Å². The van der Waals surface area contributed by atoms with Crippen LogP contribution >= 0.6 is 11.3 Å². The predicted molar refractivity (Wildman–Crippen MR) is 106 cm³/mol. The number of hydrogen-bond donors (Lipinski definition) is 1. The Morgan fingerprint density at radius 1 is 1.25 bits per heavy atom. The first-order chi connectivity index (χ1) is 13.5. The molecule has 1 N–H and O–H groups in total. The third-order valence-electron chi connectivity index (χ3n) is 4.82. The van der Waals surface area contributed by atoms with E-state index in [0.717, 1.165) is 22.4 Å². The molecule has 28 heavy (non-hydrogen) atoms. The van der Waals surface area contributed by atoms with E-state index in [1.807, 2.05) is 24.3 Å². The lowest BCUT2D eigenvalue weighted by Gasteiger charge is -2.29. The van der Waals surface area contributed by atoms with Crippen LogP contribution in [0, 0.1) is 12.8 Å². The number of oxazole rings is 1. The van der Waals surface area contributed by atoms with Crippen molar-refractivity contribution in [3.05, 3.63) is 34.8 Å². The smallest absolute Gasteiger partial charge is 0.350 e. The van der Waals surface area contributed by atoms with Crippen molar-refractivity contribution in [3.63, 3.8) is 0 Å². The fourth-order valence-electron chi connectivity index (χ4n) is 3.27. The van der Waals surface area contributed by atoms with E-state index < -0.39 is 5.97 Å². The number of amides is 1. The lowest BCUT2D eigenvalue weighted by atomic mass is 9.96. The summed E-state index contributed by atoms with van der Waals surface area (Å²) in [6, 6.07) is 8.25.